The number of nitrogens with zero attached hydrogens (tertiary/aromatic N) is 1. The summed E-state index contributed by atoms with van der Waals surface area (Å²) in [5, 5.41) is 25.1. The third-order valence-electron chi connectivity index (χ3n) is 2.97. The lowest BCUT2D eigenvalue weighted by atomic mass is 10.2. The topological polar surface area (TPSA) is 144 Å². The molecular weight excluding hydrogens is 366 g/mol. The first-order valence-electron chi connectivity index (χ1n) is 7.18. The van der Waals surface area contributed by atoms with Crippen molar-refractivity contribution in [3.8, 4) is 5.75 Å². The van der Waals surface area contributed by atoms with Crippen LogP contribution in [0.3, 0.4) is 0 Å². The minimum Gasteiger partial charge on any atom is -0.507 e. The van der Waals surface area contributed by atoms with Crippen LogP contribution < -0.4 is 10.6 Å². The summed E-state index contributed by atoms with van der Waals surface area (Å²) in [5.41, 5.74) is 0.279. The molecule has 0 aliphatic carbocycles. The molecule has 0 atom stereocenters. The lowest BCUT2D eigenvalue weighted by Crippen LogP contribution is -2.33. The largest absolute Gasteiger partial charge is 0.507 e. The minimum atomic E-state index is -0.789. The van der Waals surface area contributed by atoms with Crippen LogP contribution in [0.1, 0.15) is 27.8 Å². The fraction of sp³-hybridized carbons (Fsp3) is 0.133. The van der Waals surface area contributed by atoms with Crippen LogP contribution in [0.4, 0.5) is 11.6 Å². The van der Waals surface area contributed by atoms with E-state index in [1.807, 2.05) is 0 Å². The SMILES string of the molecule is CCOC(=O)c1ccc(NC(=S)NC(=O)c2ccc([N+](=O)[O-])o2)cc1O. The van der Waals surface area contributed by atoms with Crippen molar-refractivity contribution >= 4 is 40.8 Å². The minimum absolute atomic E-state index is 0.0183. The Hall–Kier alpha value is -3.47. The number of benzene rings is 1. The number of hydrogen-bond donors (Lipinski definition) is 3. The van der Waals surface area contributed by atoms with Gasteiger partial charge in [0.2, 0.25) is 0 Å². The Bertz CT molecular complexity index is 878. The van der Waals surface area contributed by atoms with Crippen molar-refractivity contribution in [2.45, 2.75) is 6.92 Å². The van der Waals surface area contributed by atoms with Gasteiger partial charge in [0, 0.05) is 11.8 Å². The van der Waals surface area contributed by atoms with E-state index in [1.54, 1.807) is 6.92 Å². The van der Waals surface area contributed by atoms with Crippen LogP contribution in [-0.2, 0) is 4.74 Å². The molecule has 2 aromatic rings. The highest BCUT2D eigenvalue weighted by Crippen LogP contribution is 2.23. The Labute approximate surface area is 151 Å². The average molecular weight is 379 g/mol. The average Bonchev–Trinajstić information content (AvgIpc) is 3.05. The number of rotatable bonds is 5. The van der Waals surface area contributed by atoms with Crippen molar-refractivity contribution in [3.05, 3.63) is 51.8 Å². The second-order valence-electron chi connectivity index (χ2n) is 4.76. The van der Waals surface area contributed by atoms with E-state index in [4.69, 9.17) is 21.4 Å². The summed E-state index contributed by atoms with van der Waals surface area (Å²) >= 11 is 4.95. The number of furan rings is 1. The molecule has 0 aliphatic heterocycles. The van der Waals surface area contributed by atoms with Gasteiger partial charge in [0.15, 0.2) is 10.9 Å². The molecule has 0 radical (unpaired) electrons. The molecule has 11 heteroatoms. The summed E-state index contributed by atoms with van der Waals surface area (Å²) in [6.07, 6.45) is 0. The zero-order valence-electron chi connectivity index (χ0n) is 13.3. The number of esters is 1. The number of aromatic hydroxyl groups is 1. The molecule has 1 aromatic carbocycles. The van der Waals surface area contributed by atoms with Crippen molar-refractivity contribution < 1.29 is 28.8 Å². The summed E-state index contributed by atoms with van der Waals surface area (Å²) in [5.74, 6) is -2.66. The molecule has 0 saturated heterocycles. The lowest BCUT2D eigenvalue weighted by molar-refractivity contribution is -0.402. The molecule has 0 fully saturated rings. The Balaban J connectivity index is 2.00. The predicted molar refractivity (Wildman–Crippen MR) is 93.1 cm³/mol. The van der Waals surface area contributed by atoms with E-state index < -0.39 is 22.7 Å². The van der Waals surface area contributed by atoms with Gasteiger partial charge in [-0.3, -0.25) is 20.2 Å². The third-order valence-corrected chi connectivity index (χ3v) is 3.18. The molecule has 3 N–H and O–H groups in total. The number of phenols is 1. The van der Waals surface area contributed by atoms with Crippen LogP contribution in [0.5, 0.6) is 5.75 Å². The number of hydrogen-bond acceptors (Lipinski definition) is 8. The van der Waals surface area contributed by atoms with Gasteiger partial charge in [-0.25, -0.2) is 4.79 Å². The molecule has 0 spiro atoms. The number of carbonyl (C=O) groups excluding carboxylic acids is 2. The molecule has 136 valence electrons. The zero-order valence-corrected chi connectivity index (χ0v) is 14.2. The first-order chi connectivity index (χ1) is 12.3. The van der Waals surface area contributed by atoms with E-state index in [9.17, 15) is 24.8 Å². The number of nitrogens with one attached hydrogen (secondary N) is 2. The van der Waals surface area contributed by atoms with Crippen LogP contribution in [0.25, 0.3) is 0 Å². The fourth-order valence-corrected chi connectivity index (χ4v) is 2.08. The van der Waals surface area contributed by atoms with Gasteiger partial charge < -0.3 is 19.6 Å². The lowest BCUT2D eigenvalue weighted by Gasteiger charge is -2.10. The van der Waals surface area contributed by atoms with Crippen LogP contribution >= 0.6 is 12.2 Å². The van der Waals surface area contributed by atoms with Gasteiger partial charge in [-0.05, 0) is 37.3 Å². The van der Waals surface area contributed by atoms with E-state index in [1.165, 1.54) is 18.2 Å². The smallest absolute Gasteiger partial charge is 0.433 e. The van der Waals surface area contributed by atoms with Gasteiger partial charge in [0.25, 0.3) is 5.91 Å². The summed E-state index contributed by atoms with van der Waals surface area (Å²) in [7, 11) is 0. The molecule has 1 heterocycles. The highest BCUT2D eigenvalue weighted by atomic mass is 32.1. The molecule has 0 aliphatic rings. The van der Waals surface area contributed by atoms with Gasteiger partial charge in [-0.1, -0.05) is 0 Å². The number of phenolic OH excluding ortho intramolecular Hbond substituents is 1. The third kappa shape index (κ3) is 4.54. The van der Waals surface area contributed by atoms with Gasteiger partial charge in [0.05, 0.1) is 12.7 Å². The van der Waals surface area contributed by atoms with Gasteiger partial charge in [-0.15, -0.1) is 0 Å². The molecule has 0 saturated carbocycles. The summed E-state index contributed by atoms with van der Waals surface area (Å²) in [6.45, 7) is 1.80. The van der Waals surface area contributed by atoms with Crippen molar-refractivity contribution in [3.63, 3.8) is 0 Å². The summed E-state index contributed by atoms with van der Waals surface area (Å²) < 4.78 is 9.54. The van der Waals surface area contributed by atoms with Crippen molar-refractivity contribution in [1.29, 1.82) is 0 Å². The first kappa shape index (κ1) is 18.9. The van der Waals surface area contributed by atoms with Crippen molar-refractivity contribution in [2.75, 3.05) is 11.9 Å². The van der Waals surface area contributed by atoms with E-state index in [0.29, 0.717) is 5.69 Å². The Morgan fingerprint density at radius 3 is 2.65 bits per heavy atom. The number of anilines is 1. The molecule has 1 aromatic heterocycles. The predicted octanol–water partition coefficient (Wildman–Crippen LogP) is 2.20. The number of thiocarbonyl (C=S) groups is 1. The zero-order chi connectivity index (χ0) is 19.3. The number of carbonyl (C=O) groups is 2. The molecule has 0 bridgehead atoms. The molecule has 2 rings (SSSR count). The van der Waals surface area contributed by atoms with E-state index in [0.717, 1.165) is 12.1 Å². The van der Waals surface area contributed by atoms with Crippen molar-refractivity contribution in [1.82, 2.24) is 5.32 Å². The maximum Gasteiger partial charge on any atom is 0.433 e. The molecule has 10 nitrogen and oxygen atoms in total. The second kappa shape index (κ2) is 8.07. The van der Waals surface area contributed by atoms with Gasteiger partial charge in [-0.2, -0.15) is 0 Å². The quantitative estimate of drug-likeness (QED) is 0.308. The molecular formula is C15H13N3O7S. The number of ether oxygens (including phenoxy) is 1. The van der Waals surface area contributed by atoms with Gasteiger partial charge in [0.1, 0.15) is 16.2 Å². The maximum absolute atomic E-state index is 11.9. The van der Waals surface area contributed by atoms with Crippen LogP contribution in [0.15, 0.2) is 34.7 Å². The van der Waals surface area contributed by atoms with E-state index in [-0.39, 0.29) is 28.8 Å². The normalized spacial score (nSPS) is 10.0. The number of amides is 1. The monoisotopic (exact) mass is 379 g/mol. The standard InChI is InChI=1S/C15H13N3O7S/c1-2-24-14(21)9-4-3-8(7-10(9)19)16-15(26)17-13(20)11-5-6-12(25-11)18(22)23/h3-7,19H,2H2,1H3,(H2,16,17,20,26). The van der Waals surface area contributed by atoms with Crippen LogP contribution in [0.2, 0.25) is 0 Å². The van der Waals surface area contributed by atoms with Crippen LogP contribution in [-0.4, -0.2) is 33.6 Å². The molecule has 26 heavy (non-hydrogen) atoms. The maximum atomic E-state index is 11.9. The molecule has 0 unspecified atom stereocenters. The van der Waals surface area contributed by atoms with Crippen molar-refractivity contribution in [2.24, 2.45) is 0 Å². The highest BCUT2D eigenvalue weighted by Gasteiger charge is 2.18. The van der Waals surface area contributed by atoms with Crippen LogP contribution in [0, 0.1) is 10.1 Å². The highest BCUT2D eigenvalue weighted by molar-refractivity contribution is 7.80. The Morgan fingerprint density at radius 2 is 2.08 bits per heavy atom. The Morgan fingerprint density at radius 1 is 1.35 bits per heavy atom. The molecule has 1 amide bonds. The summed E-state index contributed by atoms with van der Waals surface area (Å²) in [4.78, 5) is 33.3. The summed E-state index contributed by atoms with van der Waals surface area (Å²) in [6, 6.07) is 6.17. The Kier molecular flexibility index (Phi) is 5.86. The fourth-order valence-electron chi connectivity index (χ4n) is 1.87. The van der Waals surface area contributed by atoms with Gasteiger partial charge >= 0.3 is 11.9 Å². The van der Waals surface area contributed by atoms with E-state index in [2.05, 4.69) is 10.6 Å². The van der Waals surface area contributed by atoms with E-state index >= 15 is 0 Å². The first-order valence-corrected chi connectivity index (χ1v) is 7.59. The second-order valence-corrected chi connectivity index (χ2v) is 5.16. The number of nitro groups is 1.